The molecular formula is C15H23NO3. The monoisotopic (exact) mass is 265 g/mol. The fourth-order valence-electron chi connectivity index (χ4n) is 2.52. The predicted molar refractivity (Wildman–Crippen MR) is 74.6 cm³/mol. The van der Waals surface area contributed by atoms with Crippen LogP contribution in [0, 0.1) is 5.92 Å². The molecule has 2 rings (SSSR count). The van der Waals surface area contributed by atoms with E-state index in [1.165, 1.54) is 12.8 Å². The fraction of sp³-hybridized carbons (Fsp3) is 0.600. The number of hydrogen-bond donors (Lipinski definition) is 1. The van der Waals surface area contributed by atoms with Crippen LogP contribution in [0.3, 0.4) is 0 Å². The zero-order valence-corrected chi connectivity index (χ0v) is 11.5. The average molecular weight is 265 g/mol. The lowest BCUT2D eigenvalue weighted by molar-refractivity contribution is 0.0141. The average Bonchev–Trinajstić information content (AvgIpc) is 2.91. The minimum absolute atomic E-state index is 0.324. The maximum absolute atomic E-state index is 5.84. The molecule has 0 amide bonds. The molecule has 19 heavy (non-hydrogen) atoms. The number of benzene rings is 1. The molecule has 2 N–H and O–H groups in total. The van der Waals surface area contributed by atoms with E-state index in [-0.39, 0.29) is 0 Å². The van der Waals surface area contributed by atoms with Gasteiger partial charge in [-0.05, 0) is 49.6 Å². The van der Waals surface area contributed by atoms with Gasteiger partial charge in [-0.15, -0.1) is 0 Å². The van der Waals surface area contributed by atoms with Crippen LogP contribution in [0.2, 0.25) is 0 Å². The van der Waals surface area contributed by atoms with Crippen molar-refractivity contribution in [2.24, 2.45) is 11.7 Å². The lowest BCUT2D eigenvalue weighted by Gasteiger charge is -2.18. The molecule has 1 aromatic carbocycles. The van der Waals surface area contributed by atoms with Gasteiger partial charge in [-0.2, -0.15) is 0 Å². The van der Waals surface area contributed by atoms with E-state index in [0.717, 1.165) is 24.5 Å². The summed E-state index contributed by atoms with van der Waals surface area (Å²) in [4.78, 5) is 0. The van der Waals surface area contributed by atoms with Crippen molar-refractivity contribution < 1.29 is 14.2 Å². The Morgan fingerprint density at radius 3 is 2.53 bits per heavy atom. The zero-order valence-electron chi connectivity index (χ0n) is 11.5. The molecule has 1 fully saturated rings. The smallest absolute Gasteiger partial charge is 0.119 e. The van der Waals surface area contributed by atoms with E-state index >= 15 is 0 Å². The third kappa shape index (κ3) is 4.11. The highest BCUT2D eigenvalue weighted by atomic mass is 16.5. The Hall–Kier alpha value is -1.26. The number of nitrogens with two attached hydrogens (primary N) is 1. The molecular weight excluding hydrogens is 242 g/mol. The fourth-order valence-corrected chi connectivity index (χ4v) is 2.52. The molecule has 1 aliphatic carbocycles. The minimum atomic E-state index is 0.324. The van der Waals surface area contributed by atoms with Crippen LogP contribution < -0.4 is 15.2 Å². The SMILES string of the molecule is COc1ccc(OCCOC2CCCC2CN)cc1. The lowest BCUT2D eigenvalue weighted by atomic mass is 10.1. The molecule has 0 bridgehead atoms. The van der Waals surface area contributed by atoms with Gasteiger partial charge in [-0.3, -0.25) is 0 Å². The Bertz CT molecular complexity index is 366. The molecule has 2 unspecified atom stereocenters. The van der Waals surface area contributed by atoms with Crippen LogP contribution in [0.4, 0.5) is 0 Å². The van der Waals surface area contributed by atoms with Crippen molar-refractivity contribution >= 4 is 0 Å². The molecule has 1 aliphatic rings. The van der Waals surface area contributed by atoms with Crippen LogP contribution in [-0.4, -0.2) is 33.0 Å². The molecule has 2 atom stereocenters. The molecule has 0 aliphatic heterocycles. The number of rotatable bonds is 7. The maximum atomic E-state index is 5.84. The van der Waals surface area contributed by atoms with Gasteiger partial charge in [0.05, 0.1) is 19.8 Å². The Kier molecular flexibility index (Phi) is 5.48. The van der Waals surface area contributed by atoms with Gasteiger partial charge in [0.25, 0.3) is 0 Å². The third-order valence-corrected chi connectivity index (χ3v) is 3.64. The van der Waals surface area contributed by atoms with Gasteiger partial charge in [0.1, 0.15) is 18.1 Å². The van der Waals surface area contributed by atoms with Gasteiger partial charge in [0.15, 0.2) is 0 Å². The van der Waals surface area contributed by atoms with Crippen molar-refractivity contribution in [3.8, 4) is 11.5 Å². The van der Waals surface area contributed by atoms with Crippen LogP contribution in [0.5, 0.6) is 11.5 Å². The Morgan fingerprint density at radius 2 is 1.84 bits per heavy atom. The van der Waals surface area contributed by atoms with Gasteiger partial charge in [-0.25, -0.2) is 0 Å². The molecule has 106 valence electrons. The first-order valence-corrected chi connectivity index (χ1v) is 6.92. The summed E-state index contributed by atoms with van der Waals surface area (Å²) >= 11 is 0. The van der Waals surface area contributed by atoms with Crippen molar-refractivity contribution in [3.05, 3.63) is 24.3 Å². The van der Waals surface area contributed by atoms with E-state index in [2.05, 4.69) is 0 Å². The molecule has 0 aromatic heterocycles. The molecule has 1 saturated carbocycles. The highest BCUT2D eigenvalue weighted by Gasteiger charge is 2.26. The maximum Gasteiger partial charge on any atom is 0.119 e. The van der Waals surface area contributed by atoms with Crippen molar-refractivity contribution in [3.63, 3.8) is 0 Å². The standard InChI is InChI=1S/C15H23NO3/c1-17-13-5-7-14(8-6-13)18-9-10-19-15-4-2-3-12(15)11-16/h5-8,12,15H,2-4,9-11,16H2,1H3. The second-order valence-corrected chi connectivity index (χ2v) is 4.86. The first-order valence-electron chi connectivity index (χ1n) is 6.92. The quantitative estimate of drug-likeness (QED) is 0.768. The first-order chi connectivity index (χ1) is 9.33. The zero-order chi connectivity index (χ0) is 13.5. The summed E-state index contributed by atoms with van der Waals surface area (Å²) in [5.74, 6) is 2.20. The summed E-state index contributed by atoms with van der Waals surface area (Å²) < 4.78 is 16.6. The Balaban J connectivity index is 1.66. The summed E-state index contributed by atoms with van der Waals surface area (Å²) in [5, 5.41) is 0. The van der Waals surface area contributed by atoms with Gasteiger partial charge in [0.2, 0.25) is 0 Å². The van der Waals surface area contributed by atoms with Crippen molar-refractivity contribution in [1.29, 1.82) is 0 Å². The molecule has 4 nitrogen and oxygen atoms in total. The third-order valence-electron chi connectivity index (χ3n) is 3.64. The summed E-state index contributed by atoms with van der Waals surface area (Å²) in [6.07, 6.45) is 3.88. The largest absolute Gasteiger partial charge is 0.497 e. The number of ether oxygens (including phenoxy) is 3. The number of hydrogen-bond acceptors (Lipinski definition) is 4. The van der Waals surface area contributed by atoms with E-state index in [1.54, 1.807) is 7.11 Å². The van der Waals surface area contributed by atoms with Crippen molar-refractivity contribution in [1.82, 2.24) is 0 Å². The highest BCUT2D eigenvalue weighted by Crippen LogP contribution is 2.27. The van der Waals surface area contributed by atoms with Crippen molar-refractivity contribution in [2.45, 2.75) is 25.4 Å². The highest BCUT2D eigenvalue weighted by molar-refractivity contribution is 5.31. The Labute approximate surface area is 114 Å². The van der Waals surface area contributed by atoms with E-state index < -0.39 is 0 Å². The summed E-state index contributed by atoms with van der Waals surface area (Å²) in [7, 11) is 1.65. The molecule has 0 spiro atoms. The normalized spacial score (nSPS) is 22.4. The van der Waals surface area contributed by atoms with Gasteiger partial charge < -0.3 is 19.9 Å². The van der Waals surface area contributed by atoms with Crippen LogP contribution in [-0.2, 0) is 4.74 Å². The first kappa shape index (κ1) is 14.2. The van der Waals surface area contributed by atoms with E-state index in [9.17, 15) is 0 Å². The van der Waals surface area contributed by atoms with Gasteiger partial charge in [0, 0.05) is 0 Å². The second-order valence-electron chi connectivity index (χ2n) is 4.86. The molecule has 0 radical (unpaired) electrons. The topological polar surface area (TPSA) is 53.7 Å². The van der Waals surface area contributed by atoms with Crippen LogP contribution in [0.15, 0.2) is 24.3 Å². The van der Waals surface area contributed by atoms with Crippen LogP contribution in [0.1, 0.15) is 19.3 Å². The molecule has 0 heterocycles. The van der Waals surface area contributed by atoms with E-state index in [1.807, 2.05) is 24.3 Å². The second kappa shape index (κ2) is 7.36. The lowest BCUT2D eigenvalue weighted by Crippen LogP contribution is -2.26. The van der Waals surface area contributed by atoms with E-state index in [4.69, 9.17) is 19.9 Å². The molecule has 0 saturated heterocycles. The van der Waals surface area contributed by atoms with Gasteiger partial charge >= 0.3 is 0 Å². The van der Waals surface area contributed by atoms with E-state index in [0.29, 0.717) is 25.2 Å². The van der Waals surface area contributed by atoms with Crippen LogP contribution in [0.25, 0.3) is 0 Å². The predicted octanol–water partition coefficient (Wildman–Crippen LogP) is 2.22. The van der Waals surface area contributed by atoms with Gasteiger partial charge in [-0.1, -0.05) is 6.42 Å². The summed E-state index contributed by atoms with van der Waals surface area (Å²) in [5.41, 5.74) is 5.72. The van der Waals surface area contributed by atoms with Crippen molar-refractivity contribution in [2.75, 3.05) is 26.9 Å². The number of methoxy groups -OCH3 is 1. The summed E-state index contributed by atoms with van der Waals surface area (Å²) in [6, 6.07) is 7.57. The van der Waals surface area contributed by atoms with Crippen LogP contribution >= 0.6 is 0 Å². The molecule has 1 aromatic rings. The minimum Gasteiger partial charge on any atom is -0.497 e. The Morgan fingerprint density at radius 1 is 1.11 bits per heavy atom. The molecule has 4 heteroatoms. The summed E-state index contributed by atoms with van der Waals surface area (Å²) in [6.45, 7) is 1.91.